The Hall–Kier alpha value is -0.900. The van der Waals surface area contributed by atoms with Gasteiger partial charge in [-0.15, -0.1) is 0 Å². The Bertz CT molecular complexity index is 470. The summed E-state index contributed by atoms with van der Waals surface area (Å²) in [5.41, 5.74) is 4.13. The summed E-state index contributed by atoms with van der Waals surface area (Å²) < 4.78 is 6.08. The predicted octanol–water partition coefficient (Wildman–Crippen LogP) is 2.43. The summed E-state index contributed by atoms with van der Waals surface area (Å²) in [5.74, 6) is 0. The lowest BCUT2D eigenvalue weighted by Crippen LogP contribution is -2.48. The normalized spacial score (nSPS) is 27.8. The molecule has 0 bridgehead atoms. The fourth-order valence-electron chi connectivity index (χ4n) is 3.12. The Morgan fingerprint density at radius 1 is 1.30 bits per heavy atom. The fourth-order valence-corrected chi connectivity index (χ4v) is 3.12. The zero-order valence-corrected chi connectivity index (χ0v) is 12.9. The molecule has 1 aromatic rings. The number of hydrogen-bond donors (Lipinski definition) is 1. The number of nitrogens with one attached hydrogen (secondary N) is 1. The van der Waals surface area contributed by atoms with Crippen molar-refractivity contribution >= 4 is 0 Å². The number of likely N-dealkylation sites (N-methyl/N-ethyl adjacent to an activating group) is 1. The lowest BCUT2D eigenvalue weighted by molar-refractivity contribution is -0.0617. The highest BCUT2D eigenvalue weighted by molar-refractivity contribution is 5.34. The van der Waals surface area contributed by atoms with Crippen molar-refractivity contribution in [3.8, 4) is 0 Å². The van der Waals surface area contributed by atoms with Crippen LogP contribution < -0.4 is 5.32 Å². The minimum absolute atomic E-state index is 0.259. The van der Waals surface area contributed by atoms with Gasteiger partial charge in [0.15, 0.2) is 0 Å². The van der Waals surface area contributed by atoms with Crippen molar-refractivity contribution in [1.29, 1.82) is 0 Å². The molecule has 1 aromatic carbocycles. The molecule has 110 valence electrons. The molecule has 1 saturated heterocycles. The zero-order valence-electron chi connectivity index (χ0n) is 12.9. The summed E-state index contributed by atoms with van der Waals surface area (Å²) >= 11 is 0. The van der Waals surface area contributed by atoms with Crippen molar-refractivity contribution in [2.45, 2.75) is 44.9 Å². The first kappa shape index (κ1) is 14.1. The van der Waals surface area contributed by atoms with E-state index in [4.69, 9.17) is 4.74 Å². The number of benzene rings is 1. The number of rotatable bonds is 4. The Labute approximate surface area is 122 Å². The van der Waals surface area contributed by atoms with Gasteiger partial charge in [0.2, 0.25) is 0 Å². The van der Waals surface area contributed by atoms with Crippen LogP contribution in [0.4, 0.5) is 0 Å². The van der Waals surface area contributed by atoms with Crippen molar-refractivity contribution < 1.29 is 4.74 Å². The van der Waals surface area contributed by atoms with Gasteiger partial charge >= 0.3 is 0 Å². The summed E-state index contributed by atoms with van der Waals surface area (Å²) in [5, 5.41) is 3.63. The van der Waals surface area contributed by atoms with Crippen LogP contribution >= 0.6 is 0 Å². The molecular formula is C17H26N2O. The Morgan fingerprint density at radius 3 is 2.85 bits per heavy atom. The van der Waals surface area contributed by atoms with Crippen molar-refractivity contribution in [1.82, 2.24) is 10.2 Å². The highest BCUT2D eigenvalue weighted by Gasteiger charge is 2.33. The zero-order chi connectivity index (χ0) is 14.1. The van der Waals surface area contributed by atoms with E-state index >= 15 is 0 Å². The van der Waals surface area contributed by atoms with E-state index in [0.29, 0.717) is 6.04 Å². The molecule has 2 atom stereocenters. The highest BCUT2D eigenvalue weighted by Crippen LogP contribution is 2.31. The molecule has 3 nitrogen and oxygen atoms in total. The SMILES string of the molecule is Cc1ccc(C)c(C2C(CNC3CC3)OCCN2C)c1. The van der Waals surface area contributed by atoms with Crippen molar-refractivity contribution in [2.75, 3.05) is 26.7 Å². The van der Waals surface area contributed by atoms with Gasteiger partial charge < -0.3 is 10.1 Å². The number of ether oxygens (including phenoxy) is 1. The minimum atomic E-state index is 0.259. The molecule has 0 amide bonds. The first-order valence-electron chi connectivity index (χ1n) is 7.77. The van der Waals surface area contributed by atoms with Gasteiger partial charge in [0, 0.05) is 19.1 Å². The minimum Gasteiger partial charge on any atom is -0.374 e. The first-order valence-corrected chi connectivity index (χ1v) is 7.77. The van der Waals surface area contributed by atoms with Gasteiger partial charge in [0.05, 0.1) is 18.8 Å². The second-order valence-corrected chi connectivity index (χ2v) is 6.38. The standard InChI is InChI=1S/C17H26N2O/c1-12-4-5-13(2)15(10-12)17-16(11-18-14-6-7-14)20-9-8-19(17)3/h4-5,10,14,16-18H,6-9,11H2,1-3H3. The van der Waals surface area contributed by atoms with Gasteiger partial charge in [-0.1, -0.05) is 23.8 Å². The van der Waals surface area contributed by atoms with E-state index in [2.05, 4.69) is 49.3 Å². The monoisotopic (exact) mass is 274 g/mol. The Balaban J connectivity index is 1.82. The third kappa shape index (κ3) is 3.05. The molecule has 3 heteroatoms. The summed E-state index contributed by atoms with van der Waals surface area (Å²) in [6.45, 7) is 7.20. The number of aryl methyl sites for hydroxylation is 2. The van der Waals surface area contributed by atoms with E-state index in [0.717, 1.165) is 25.7 Å². The molecule has 1 aliphatic heterocycles. The third-order valence-electron chi connectivity index (χ3n) is 4.54. The van der Waals surface area contributed by atoms with E-state index in [1.807, 2.05) is 0 Å². The van der Waals surface area contributed by atoms with E-state index in [9.17, 15) is 0 Å². The van der Waals surface area contributed by atoms with Crippen molar-refractivity contribution in [3.63, 3.8) is 0 Å². The molecule has 0 radical (unpaired) electrons. The maximum Gasteiger partial charge on any atom is 0.0896 e. The highest BCUT2D eigenvalue weighted by atomic mass is 16.5. The second-order valence-electron chi connectivity index (χ2n) is 6.38. The van der Waals surface area contributed by atoms with E-state index in [1.54, 1.807) is 0 Å². The molecule has 1 saturated carbocycles. The van der Waals surface area contributed by atoms with Crippen LogP contribution in [0, 0.1) is 13.8 Å². The van der Waals surface area contributed by atoms with Crippen molar-refractivity contribution in [3.05, 3.63) is 34.9 Å². The molecule has 3 rings (SSSR count). The molecule has 1 aliphatic carbocycles. The fraction of sp³-hybridized carbons (Fsp3) is 0.647. The van der Waals surface area contributed by atoms with E-state index < -0.39 is 0 Å². The number of morpholine rings is 1. The number of nitrogens with zero attached hydrogens (tertiary/aromatic N) is 1. The Kier molecular flexibility index (Phi) is 4.11. The van der Waals surface area contributed by atoms with Gasteiger partial charge in [0.1, 0.15) is 0 Å². The molecule has 1 N–H and O–H groups in total. The third-order valence-corrected chi connectivity index (χ3v) is 4.54. The van der Waals surface area contributed by atoms with Crippen LogP contribution in [0.2, 0.25) is 0 Å². The average molecular weight is 274 g/mol. The second kappa shape index (κ2) is 5.84. The summed E-state index contributed by atoms with van der Waals surface area (Å²) in [6.07, 6.45) is 2.92. The first-order chi connectivity index (χ1) is 9.65. The van der Waals surface area contributed by atoms with Crippen LogP contribution in [0.1, 0.15) is 35.6 Å². The lowest BCUT2D eigenvalue weighted by atomic mass is 9.93. The number of hydrogen-bond acceptors (Lipinski definition) is 3. The average Bonchev–Trinajstić information content (AvgIpc) is 3.24. The van der Waals surface area contributed by atoms with Crippen LogP contribution in [0.3, 0.4) is 0 Å². The molecule has 0 aromatic heterocycles. The predicted molar refractivity (Wildman–Crippen MR) is 82.1 cm³/mol. The van der Waals surface area contributed by atoms with Gasteiger partial charge in [-0.3, -0.25) is 4.90 Å². The van der Waals surface area contributed by atoms with Crippen LogP contribution in [0.5, 0.6) is 0 Å². The molecule has 20 heavy (non-hydrogen) atoms. The molecule has 0 spiro atoms. The molecular weight excluding hydrogens is 248 g/mol. The van der Waals surface area contributed by atoms with E-state index in [1.165, 1.54) is 29.5 Å². The van der Waals surface area contributed by atoms with Crippen LogP contribution in [0.25, 0.3) is 0 Å². The summed E-state index contributed by atoms with van der Waals surface area (Å²) in [7, 11) is 2.22. The maximum atomic E-state index is 6.08. The van der Waals surface area contributed by atoms with Gasteiger partial charge in [0.25, 0.3) is 0 Å². The van der Waals surface area contributed by atoms with Gasteiger partial charge in [-0.2, -0.15) is 0 Å². The molecule has 1 heterocycles. The smallest absolute Gasteiger partial charge is 0.0896 e. The molecule has 2 fully saturated rings. The van der Waals surface area contributed by atoms with Crippen LogP contribution in [0.15, 0.2) is 18.2 Å². The molecule has 2 unspecified atom stereocenters. The summed E-state index contributed by atoms with van der Waals surface area (Å²) in [6, 6.07) is 7.87. The van der Waals surface area contributed by atoms with E-state index in [-0.39, 0.29) is 6.10 Å². The van der Waals surface area contributed by atoms with Gasteiger partial charge in [-0.05, 0) is 44.9 Å². The van der Waals surface area contributed by atoms with Crippen molar-refractivity contribution in [2.24, 2.45) is 0 Å². The topological polar surface area (TPSA) is 24.5 Å². The lowest BCUT2D eigenvalue weighted by Gasteiger charge is -2.40. The summed E-state index contributed by atoms with van der Waals surface area (Å²) in [4.78, 5) is 2.45. The van der Waals surface area contributed by atoms with Crippen LogP contribution in [-0.2, 0) is 4.74 Å². The van der Waals surface area contributed by atoms with Crippen LogP contribution in [-0.4, -0.2) is 43.8 Å². The van der Waals surface area contributed by atoms with Gasteiger partial charge in [-0.25, -0.2) is 0 Å². The maximum absolute atomic E-state index is 6.08. The molecule has 2 aliphatic rings. The largest absolute Gasteiger partial charge is 0.374 e. The Morgan fingerprint density at radius 2 is 2.10 bits per heavy atom. The quantitative estimate of drug-likeness (QED) is 0.912.